The zero-order valence-corrected chi connectivity index (χ0v) is 26.8. The molecule has 0 saturated carbocycles. The first kappa shape index (κ1) is 32.2. The number of aryl methyl sites for hydroxylation is 2. The molecule has 1 aromatic heterocycles. The number of aromatic nitrogens is 1. The van der Waals surface area contributed by atoms with Gasteiger partial charge in [0.15, 0.2) is 5.69 Å². The second kappa shape index (κ2) is 13.3. The number of oxazole rings is 1. The maximum atomic E-state index is 13.3. The number of ether oxygens (including phenoxy) is 1. The number of rotatable bonds is 11. The van der Waals surface area contributed by atoms with Crippen molar-refractivity contribution in [2.75, 3.05) is 48.4 Å². The lowest BCUT2D eigenvalue weighted by molar-refractivity contribution is -0.132. The molecule has 43 heavy (non-hydrogen) atoms. The molecule has 11 nitrogen and oxygen atoms in total. The molecule has 4 rings (SSSR count). The zero-order chi connectivity index (χ0) is 31.5. The quantitative estimate of drug-likeness (QED) is 0.324. The minimum atomic E-state index is -3.85. The van der Waals surface area contributed by atoms with Gasteiger partial charge in [-0.05, 0) is 61.2 Å². The SMILES string of the molecule is COc1cc(C)c(S(=O)(=O)N(C)Cc2nc(C(=O)N(C)Cc3ccc(CN4CCC(C(=O)N(C)C)C4)cc3)co2)c(C)c1. The maximum absolute atomic E-state index is 13.3. The van der Waals surface area contributed by atoms with Crippen LogP contribution in [0.25, 0.3) is 0 Å². The first-order valence-corrected chi connectivity index (χ1v) is 15.6. The van der Waals surface area contributed by atoms with Crippen molar-refractivity contribution in [1.82, 2.24) is 24.0 Å². The molecule has 232 valence electrons. The molecule has 0 N–H and O–H groups in total. The number of carbonyl (C=O) groups excluding carboxylic acids is 2. The van der Waals surface area contributed by atoms with E-state index in [9.17, 15) is 18.0 Å². The summed E-state index contributed by atoms with van der Waals surface area (Å²) in [5, 5.41) is 0. The van der Waals surface area contributed by atoms with Gasteiger partial charge >= 0.3 is 0 Å². The maximum Gasteiger partial charge on any atom is 0.275 e. The van der Waals surface area contributed by atoms with E-state index in [4.69, 9.17) is 9.15 Å². The summed E-state index contributed by atoms with van der Waals surface area (Å²) in [7, 11) is 4.41. The molecule has 2 amide bonds. The third-order valence-electron chi connectivity index (χ3n) is 7.72. The number of likely N-dealkylation sites (tertiary alicyclic amines) is 1. The van der Waals surface area contributed by atoms with Gasteiger partial charge in [0.2, 0.25) is 21.8 Å². The fourth-order valence-corrected chi connectivity index (χ4v) is 6.96. The van der Waals surface area contributed by atoms with E-state index in [2.05, 4.69) is 9.88 Å². The molecule has 1 fully saturated rings. The second-order valence-electron chi connectivity index (χ2n) is 11.4. The van der Waals surface area contributed by atoms with Crippen LogP contribution in [0.1, 0.15) is 45.1 Å². The average Bonchev–Trinajstić information content (AvgIpc) is 3.62. The van der Waals surface area contributed by atoms with E-state index in [-0.39, 0.29) is 40.8 Å². The predicted molar refractivity (Wildman–Crippen MR) is 162 cm³/mol. The molecule has 0 radical (unpaired) electrons. The third-order valence-corrected chi connectivity index (χ3v) is 9.83. The Labute approximate surface area is 254 Å². The third kappa shape index (κ3) is 7.43. The number of amides is 2. The van der Waals surface area contributed by atoms with Crippen LogP contribution in [-0.2, 0) is 34.5 Å². The summed E-state index contributed by atoms with van der Waals surface area (Å²) in [4.78, 5) is 35.3. The minimum absolute atomic E-state index is 0.0534. The molecule has 2 heterocycles. The van der Waals surface area contributed by atoms with E-state index in [1.54, 1.807) is 56.9 Å². The Balaban J connectivity index is 1.33. The van der Waals surface area contributed by atoms with Crippen LogP contribution in [0.15, 0.2) is 52.0 Å². The summed E-state index contributed by atoms with van der Waals surface area (Å²) < 4.78 is 38.6. The lowest BCUT2D eigenvalue weighted by Gasteiger charge is -2.19. The van der Waals surface area contributed by atoms with Crippen LogP contribution < -0.4 is 4.74 Å². The van der Waals surface area contributed by atoms with Crippen LogP contribution in [0.2, 0.25) is 0 Å². The van der Waals surface area contributed by atoms with Gasteiger partial charge in [0.25, 0.3) is 5.91 Å². The molecular weight excluding hydrogens is 570 g/mol. The van der Waals surface area contributed by atoms with E-state index >= 15 is 0 Å². The number of hydrogen-bond donors (Lipinski definition) is 0. The first-order chi connectivity index (χ1) is 20.3. The molecule has 1 aliphatic heterocycles. The van der Waals surface area contributed by atoms with Crippen LogP contribution in [0.4, 0.5) is 0 Å². The molecule has 0 aliphatic carbocycles. The number of methoxy groups -OCH3 is 1. The van der Waals surface area contributed by atoms with Gasteiger partial charge < -0.3 is 19.0 Å². The Morgan fingerprint density at radius 1 is 1.02 bits per heavy atom. The van der Waals surface area contributed by atoms with Crippen molar-refractivity contribution in [3.8, 4) is 5.75 Å². The second-order valence-corrected chi connectivity index (χ2v) is 13.4. The monoisotopic (exact) mass is 611 g/mol. The molecule has 3 aromatic rings. The van der Waals surface area contributed by atoms with Crippen LogP contribution in [-0.4, -0.2) is 92.6 Å². The predicted octanol–water partition coefficient (Wildman–Crippen LogP) is 3.30. The summed E-state index contributed by atoms with van der Waals surface area (Å²) in [6.45, 7) is 6.11. The van der Waals surface area contributed by atoms with Crippen molar-refractivity contribution >= 4 is 21.8 Å². The van der Waals surface area contributed by atoms with Gasteiger partial charge in [0.05, 0.1) is 24.5 Å². The van der Waals surface area contributed by atoms with Crippen LogP contribution in [0, 0.1) is 19.8 Å². The average molecular weight is 612 g/mol. The topological polar surface area (TPSA) is 116 Å². The summed E-state index contributed by atoms with van der Waals surface area (Å²) in [5.41, 5.74) is 3.36. The highest BCUT2D eigenvalue weighted by Crippen LogP contribution is 2.28. The van der Waals surface area contributed by atoms with Crippen molar-refractivity contribution < 1.29 is 27.2 Å². The smallest absolute Gasteiger partial charge is 0.275 e. The number of benzene rings is 2. The van der Waals surface area contributed by atoms with Crippen molar-refractivity contribution in [3.05, 3.63) is 76.5 Å². The molecule has 1 atom stereocenters. The molecule has 1 aliphatic rings. The lowest BCUT2D eigenvalue weighted by atomic mass is 10.1. The van der Waals surface area contributed by atoms with Crippen molar-refractivity contribution in [2.45, 2.75) is 44.8 Å². The van der Waals surface area contributed by atoms with Crippen molar-refractivity contribution in [2.24, 2.45) is 5.92 Å². The van der Waals surface area contributed by atoms with Crippen molar-refractivity contribution in [1.29, 1.82) is 0 Å². The zero-order valence-electron chi connectivity index (χ0n) is 26.0. The molecule has 1 unspecified atom stereocenters. The van der Waals surface area contributed by atoms with Crippen molar-refractivity contribution in [3.63, 3.8) is 0 Å². The Bertz CT molecular complexity index is 1540. The summed E-state index contributed by atoms with van der Waals surface area (Å²) in [6, 6.07) is 11.4. The van der Waals surface area contributed by atoms with Gasteiger partial charge in [-0.15, -0.1) is 0 Å². The van der Waals surface area contributed by atoms with E-state index in [1.165, 1.54) is 20.4 Å². The number of hydrogen-bond acceptors (Lipinski definition) is 8. The normalized spacial score (nSPS) is 15.6. The summed E-state index contributed by atoms with van der Waals surface area (Å²) in [5.74, 6) is 0.605. The fraction of sp³-hybridized carbons (Fsp3) is 0.452. The largest absolute Gasteiger partial charge is 0.497 e. The molecule has 0 bridgehead atoms. The van der Waals surface area contributed by atoms with E-state index in [0.29, 0.717) is 23.4 Å². The summed E-state index contributed by atoms with van der Waals surface area (Å²) in [6.07, 6.45) is 2.13. The first-order valence-electron chi connectivity index (χ1n) is 14.1. The van der Waals surface area contributed by atoms with Gasteiger partial charge in [-0.1, -0.05) is 24.3 Å². The Morgan fingerprint density at radius 2 is 1.65 bits per heavy atom. The van der Waals surface area contributed by atoms with Gasteiger partial charge in [-0.2, -0.15) is 4.31 Å². The Kier molecular flexibility index (Phi) is 9.93. The van der Waals surface area contributed by atoms with E-state index in [0.717, 1.165) is 41.5 Å². The molecule has 0 spiro atoms. The van der Waals surface area contributed by atoms with Gasteiger partial charge in [0, 0.05) is 47.8 Å². The van der Waals surface area contributed by atoms with E-state index in [1.807, 2.05) is 24.3 Å². The number of nitrogens with zero attached hydrogens (tertiary/aromatic N) is 5. The lowest BCUT2D eigenvalue weighted by Crippen LogP contribution is -2.31. The fourth-order valence-electron chi connectivity index (χ4n) is 5.44. The number of sulfonamides is 1. The van der Waals surface area contributed by atoms with E-state index < -0.39 is 10.0 Å². The standard InChI is InChI=1S/C31H41N5O6S/c1-21-14-26(41-7)15-22(2)29(21)43(39,40)35(6)19-28-32-27(20-42-28)31(38)34(5)16-23-8-10-24(11-9-23)17-36-13-12-25(18-36)30(37)33(3)4/h8-11,14-15,20,25H,12-13,16-19H2,1-7H3. The van der Waals surface area contributed by atoms with Gasteiger partial charge in [-0.3, -0.25) is 14.5 Å². The van der Waals surface area contributed by atoms with Crippen LogP contribution in [0.5, 0.6) is 5.75 Å². The molecular formula is C31H41N5O6S. The highest BCUT2D eigenvalue weighted by molar-refractivity contribution is 7.89. The molecule has 12 heteroatoms. The molecule has 1 saturated heterocycles. The number of carbonyl (C=O) groups is 2. The molecule has 2 aromatic carbocycles. The summed E-state index contributed by atoms with van der Waals surface area (Å²) >= 11 is 0. The minimum Gasteiger partial charge on any atom is -0.497 e. The Morgan fingerprint density at radius 3 is 2.26 bits per heavy atom. The highest BCUT2D eigenvalue weighted by Gasteiger charge is 2.30. The Hall–Kier alpha value is -3.74. The van der Waals surface area contributed by atoms with Crippen LogP contribution in [0.3, 0.4) is 0 Å². The van der Waals surface area contributed by atoms with Crippen LogP contribution >= 0.6 is 0 Å². The van der Waals surface area contributed by atoms with Gasteiger partial charge in [-0.25, -0.2) is 13.4 Å². The van der Waals surface area contributed by atoms with Gasteiger partial charge in [0.1, 0.15) is 12.0 Å². The highest BCUT2D eigenvalue weighted by atomic mass is 32.2.